The molecule has 0 aliphatic carbocycles. The van der Waals surface area contributed by atoms with E-state index in [1.165, 1.54) is 6.26 Å². The second-order valence-corrected chi connectivity index (χ2v) is 9.46. The smallest absolute Gasteiger partial charge is 0.176 e. The van der Waals surface area contributed by atoms with Gasteiger partial charge in [-0.15, -0.1) is 0 Å². The average Bonchev–Trinajstić information content (AvgIpc) is 3.43. The minimum atomic E-state index is -3.45. The van der Waals surface area contributed by atoms with Gasteiger partial charge in [-0.2, -0.15) is 10.2 Å². The third kappa shape index (κ3) is 3.89. The van der Waals surface area contributed by atoms with Gasteiger partial charge in [-0.25, -0.2) is 18.4 Å². The molecule has 1 saturated heterocycles. The lowest BCUT2D eigenvalue weighted by atomic mass is 10.1. The number of benzene rings is 1. The predicted octanol–water partition coefficient (Wildman–Crippen LogP) is 2.72. The van der Waals surface area contributed by atoms with Crippen LogP contribution in [0.15, 0.2) is 47.8 Å². The maximum absolute atomic E-state index is 12.3. The van der Waals surface area contributed by atoms with Crippen LogP contribution in [0, 0.1) is 0 Å². The number of H-pyrrole nitrogens is 1. The van der Waals surface area contributed by atoms with Crippen molar-refractivity contribution in [3.8, 4) is 11.4 Å². The number of nitrogens with zero attached hydrogens (tertiary/aromatic N) is 5. The van der Waals surface area contributed by atoms with Crippen molar-refractivity contribution in [3.05, 3.63) is 42.9 Å². The van der Waals surface area contributed by atoms with Crippen LogP contribution in [0.4, 0.5) is 11.5 Å². The van der Waals surface area contributed by atoms with Crippen molar-refractivity contribution < 1.29 is 13.2 Å². The molecular weight excluding hydrogens is 418 g/mol. The van der Waals surface area contributed by atoms with E-state index in [-0.39, 0.29) is 4.90 Å². The average molecular weight is 440 g/mol. The second-order valence-electron chi connectivity index (χ2n) is 7.47. The van der Waals surface area contributed by atoms with Gasteiger partial charge >= 0.3 is 0 Å². The molecule has 0 radical (unpaired) electrons. The van der Waals surface area contributed by atoms with Crippen LogP contribution < -0.4 is 5.32 Å². The summed E-state index contributed by atoms with van der Waals surface area (Å²) in [7, 11) is -3.45. The zero-order valence-corrected chi connectivity index (χ0v) is 17.6. The Hall–Kier alpha value is -3.31. The normalized spacial score (nSPS) is 15.4. The first-order valence-electron chi connectivity index (χ1n) is 9.88. The van der Waals surface area contributed by atoms with Crippen molar-refractivity contribution in [1.29, 1.82) is 0 Å². The summed E-state index contributed by atoms with van der Waals surface area (Å²) in [4.78, 5) is 9.31. The Morgan fingerprint density at radius 2 is 1.97 bits per heavy atom. The standard InChI is InChI=1S/C20H21N7O3S/c1-31(28,29)17-5-3-2-4-15(17)19-24-16-11-21-26-18(16)20(25-19)23-13-10-22-27(12-13)14-6-8-30-9-7-14/h2-5,10-12,14H,6-9H2,1H3,(H,21,26)(H,23,24,25). The maximum atomic E-state index is 12.3. The molecule has 0 atom stereocenters. The number of anilines is 2. The summed E-state index contributed by atoms with van der Waals surface area (Å²) in [5, 5.41) is 14.7. The SMILES string of the molecule is CS(=O)(=O)c1ccccc1-c1nc(Nc2cnn(C3CCOCC3)c2)c2[nH]ncc2n1. The number of sulfone groups is 1. The van der Waals surface area contributed by atoms with Crippen molar-refractivity contribution >= 4 is 32.4 Å². The van der Waals surface area contributed by atoms with Gasteiger partial charge < -0.3 is 10.1 Å². The van der Waals surface area contributed by atoms with Crippen LogP contribution in [-0.4, -0.2) is 57.8 Å². The van der Waals surface area contributed by atoms with Gasteiger partial charge in [0, 0.05) is 31.2 Å². The molecule has 5 rings (SSSR count). The lowest BCUT2D eigenvalue weighted by Gasteiger charge is -2.22. The second kappa shape index (κ2) is 7.75. The van der Waals surface area contributed by atoms with Crippen molar-refractivity contribution in [2.45, 2.75) is 23.8 Å². The molecule has 0 spiro atoms. The van der Waals surface area contributed by atoms with Gasteiger partial charge in [-0.3, -0.25) is 9.78 Å². The molecule has 0 amide bonds. The monoisotopic (exact) mass is 439 g/mol. The minimum absolute atomic E-state index is 0.177. The Morgan fingerprint density at radius 3 is 2.77 bits per heavy atom. The summed E-state index contributed by atoms with van der Waals surface area (Å²) < 4.78 is 31.9. The Morgan fingerprint density at radius 1 is 1.16 bits per heavy atom. The topological polar surface area (TPSA) is 128 Å². The lowest BCUT2D eigenvalue weighted by molar-refractivity contribution is 0.0662. The van der Waals surface area contributed by atoms with Gasteiger partial charge in [0.25, 0.3) is 0 Å². The molecule has 1 aliphatic heterocycles. The molecule has 160 valence electrons. The van der Waals surface area contributed by atoms with E-state index < -0.39 is 9.84 Å². The van der Waals surface area contributed by atoms with Crippen LogP contribution in [0.1, 0.15) is 18.9 Å². The van der Waals surface area contributed by atoms with Crippen LogP contribution in [0.5, 0.6) is 0 Å². The largest absolute Gasteiger partial charge is 0.381 e. The first-order valence-corrected chi connectivity index (χ1v) is 11.8. The summed E-state index contributed by atoms with van der Waals surface area (Å²) >= 11 is 0. The minimum Gasteiger partial charge on any atom is -0.381 e. The zero-order chi connectivity index (χ0) is 21.4. The molecule has 31 heavy (non-hydrogen) atoms. The Kier molecular flexibility index (Phi) is 4.91. The van der Waals surface area contributed by atoms with E-state index in [0.717, 1.165) is 31.7 Å². The first-order chi connectivity index (χ1) is 15.0. The summed E-state index contributed by atoms with van der Waals surface area (Å²) in [5.74, 6) is 0.793. The third-order valence-electron chi connectivity index (χ3n) is 5.26. The van der Waals surface area contributed by atoms with Crippen LogP contribution in [0.25, 0.3) is 22.4 Å². The summed E-state index contributed by atoms with van der Waals surface area (Å²) in [6.07, 6.45) is 8.28. The fourth-order valence-electron chi connectivity index (χ4n) is 3.71. The quantitative estimate of drug-likeness (QED) is 0.486. The molecule has 1 aromatic carbocycles. The van der Waals surface area contributed by atoms with Crippen LogP contribution in [-0.2, 0) is 14.6 Å². The summed E-state index contributed by atoms with van der Waals surface area (Å²) in [5.41, 5.74) is 2.41. The van der Waals surface area contributed by atoms with E-state index in [1.54, 1.807) is 36.7 Å². The van der Waals surface area contributed by atoms with Gasteiger partial charge in [-0.05, 0) is 25.0 Å². The molecule has 1 fully saturated rings. The molecule has 0 unspecified atom stereocenters. The number of nitrogens with one attached hydrogen (secondary N) is 2. The Labute approximate surface area is 178 Å². The fourth-order valence-corrected chi connectivity index (χ4v) is 4.60. The number of hydrogen-bond acceptors (Lipinski definition) is 8. The van der Waals surface area contributed by atoms with E-state index in [2.05, 4.69) is 30.6 Å². The van der Waals surface area contributed by atoms with Gasteiger partial charge in [0.15, 0.2) is 21.5 Å². The molecule has 0 bridgehead atoms. The highest BCUT2D eigenvalue weighted by atomic mass is 32.2. The number of rotatable bonds is 5. The van der Waals surface area contributed by atoms with Gasteiger partial charge in [-0.1, -0.05) is 12.1 Å². The third-order valence-corrected chi connectivity index (χ3v) is 6.41. The van der Waals surface area contributed by atoms with E-state index in [9.17, 15) is 8.42 Å². The highest BCUT2D eigenvalue weighted by Crippen LogP contribution is 2.30. The highest BCUT2D eigenvalue weighted by Gasteiger charge is 2.20. The van der Waals surface area contributed by atoms with Crippen LogP contribution in [0.3, 0.4) is 0 Å². The van der Waals surface area contributed by atoms with E-state index in [1.807, 2.05) is 10.9 Å². The fraction of sp³-hybridized carbons (Fsp3) is 0.300. The van der Waals surface area contributed by atoms with Crippen molar-refractivity contribution in [1.82, 2.24) is 29.9 Å². The Balaban J connectivity index is 1.54. The number of hydrogen-bond donors (Lipinski definition) is 2. The first kappa shape index (κ1) is 19.6. The van der Waals surface area contributed by atoms with Crippen molar-refractivity contribution in [2.75, 3.05) is 24.8 Å². The Bertz CT molecular complexity index is 1340. The van der Waals surface area contributed by atoms with E-state index in [0.29, 0.717) is 34.3 Å². The van der Waals surface area contributed by atoms with Gasteiger partial charge in [0.1, 0.15) is 11.0 Å². The predicted molar refractivity (Wildman–Crippen MR) is 115 cm³/mol. The van der Waals surface area contributed by atoms with Crippen LogP contribution >= 0.6 is 0 Å². The molecule has 2 N–H and O–H groups in total. The molecule has 11 heteroatoms. The molecule has 4 heterocycles. The van der Waals surface area contributed by atoms with E-state index >= 15 is 0 Å². The summed E-state index contributed by atoms with van der Waals surface area (Å²) in [6.45, 7) is 1.47. The molecule has 10 nitrogen and oxygen atoms in total. The zero-order valence-electron chi connectivity index (χ0n) is 16.8. The van der Waals surface area contributed by atoms with Crippen molar-refractivity contribution in [2.24, 2.45) is 0 Å². The molecule has 1 aliphatic rings. The number of ether oxygens (including phenoxy) is 1. The number of aromatic amines is 1. The lowest BCUT2D eigenvalue weighted by Crippen LogP contribution is -2.19. The van der Waals surface area contributed by atoms with E-state index in [4.69, 9.17) is 4.74 Å². The maximum Gasteiger partial charge on any atom is 0.176 e. The highest BCUT2D eigenvalue weighted by molar-refractivity contribution is 7.90. The molecule has 3 aromatic heterocycles. The number of fused-ring (bicyclic) bond motifs is 1. The van der Waals surface area contributed by atoms with Crippen LogP contribution in [0.2, 0.25) is 0 Å². The molecule has 0 saturated carbocycles. The van der Waals surface area contributed by atoms with Gasteiger partial charge in [0.2, 0.25) is 0 Å². The summed E-state index contributed by atoms with van der Waals surface area (Å²) in [6, 6.07) is 7.00. The number of aromatic nitrogens is 6. The molecular formula is C20H21N7O3S. The molecule has 4 aromatic rings. The van der Waals surface area contributed by atoms with Gasteiger partial charge in [0.05, 0.1) is 29.0 Å². The van der Waals surface area contributed by atoms with Crippen molar-refractivity contribution in [3.63, 3.8) is 0 Å².